The van der Waals surface area contributed by atoms with Gasteiger partial charge in [-0.25, -0.2) is 0 Å². The standard InChI is InChI=1S/C10H18N4O/c1-4-8-5-9(14-13-8)12-10(15)6-11-7(2)3/h5,7,11H,4,6H2,1-3H3,(H2,12,13,14,15). The largest absolute Gasteiger partial charge is 0.308 e. The molecule has 0 aliphatic rings. The lowest BCUT2D eigenvalue weighted by atomic mass is 10.3. The number of amides is 1. The fraction of sp³-hybridized carbons (Fsp3) is 0.600. The van der Waals surface area contributed by atoms with Crippen molar-refractivity contribution in [3.8, 4) is 0 Å². The highest BCUT2D eigenvalue weighted by Gasteiger charge is 2.05. The minimum absolute atomic E-state index is 0.0714. The lowest BCUT2D eigenvalue weighted by molar-refractivity contribution is -0.115. The number of anilines is 1. The Hall–Kier alpha value is -1.36. The molecule has 5 heteroatoms. The maximum atomic E-state index is 11.4. The van der Waals surface area contributed by atoms with Crippen LogP contribution in [0.5, 0.6) is 0 Å². The van der Waals surface area contributed by atoms with Gasteiger partial charge in [-0.3, -0.25) is 9.89 Å². The lowest BCUT2D eigenvalue weighted by Gasteiger charge is -2.06. The molecule has 1 aromatic heterocycles. The Balaban J connectivity index is 2.37. The molecule has 0 aliphatic heterocycles. The number of hydrogen-bond donors (Lipinski definition) is 3. The van der Waals surface area contributed by atoms with Gasteiger partial charge >= 0.3 is 0 Å². The van der Waals surface area contributed by atoms with Crippen LogP contribution in [-0.2, 0) is 11.2 Å². The minimum atomic E-state index is -0.0714. The second-order valence-electron chi connectivity index (χ2n) is 3.72. The van der Waals surface area contributed by atoms with Crippen LogP contribution >= 0.6 is 0 Å². The number of hydrogen-bond acceptors (Lipinski definition) is 3. The average molecular weight is 210 g/mol. The van der Waals surface area contributed by atoms with Gasteiger partial charge in [0.05, 0.1) is 6.54 Å². The van der Waals surface area contributed by atoms with Crippen LogP contribution in [0.3, 0.4) is 0 Å². The van der Waals surface area contributed by atoms with E-state index in [4.69, 9.17) is 0 Å². The van der Waals surface area contributed by atoms with Crippen LogP contribution in [0.4, 0.5) is 5.82 Å². The van der Waals surface area contributed by atoms with Crippen LogP contribution in [0, 0.1) is 0 Å². The van der Waals surface area contributed by atoms with Crippen molar-refractivity contribution < 1.29 is 4.79 Å². The number of aromatic nitrogens is 2. The van der Waals surface area contributed by atoms with E-state index in [1.807, 2.05) is 26.8 Å². The molecule has 0 unspecified atom stereocenters. The molecule has 15 heavy (non-hydrogen) atoms. The number of carbonyl (C=O) groups is 1. The van der Waals surface area contributed by atoms with E-state index in [2.05, 4.69) is 20.8 Å². The van der Waals surface area contributed by atoms with Crippen molar-refractivity contribution in [2.24, 2.45) is 0 Å². The molecule has 0 fully saturated rings. The molecule has 0 atom stereocenters. The molecule has 0 aliphatic carbocycles. The quantitative estimate of drug-likeness (QED) is 0.676. The van der Waals surface area contributed by atoms with Crippen molar-refractivity contribution in [1.82, 2.24) is 15.5 Å². The summed E-state index contributed by atoms with van der Waals surface area (Å²) in [4.78, 5) is 11.4. The SMILES string of the molecule is CCc1cc(NC(=O)CNC(C)C)n[nH]1. The predicted molar refractivity (Wildman–Crippen MR) is 59.7 cm³/mol. The molecule has 0 aromatic carbocycles. The Morgan fingerprint density at radius 2 is 2.33 bits per heavy atom. The maximum absolute atomic E-state index is 11.4. The smallest absolute Gasteiger partial charge is 0.239 e. The number of aromatic amines is 1. The average Bonchev–Trinajstić information content (AvgIpc) is 2.62. The van der Waals surface area contributed by atoms with Crippen LogP contribution in [0.1, 0.15) is 26.5 Å². The van der Waals surface area contributed by atoms with Crippen molar-refractivity contribution in [2.75, 3.05) is 11.9 Å². The summed E-state index contributed by atoms with van der Waals surface area (Å²) in [5.41, 5.74) is 1.02. The molecule has 0 radical (unpaired) electrons. The van der Waals surface area contributed by atoms with Gasteiger partial charge in [0, 0.05) is 17.8 Å². The van der Waals surface area contributed by atoms with Crippen molar-refractivity contribution in [2.45, 2.75) is 33.2 Å². The second kappa shape index (κ2) is 5.50. The topological polar surface area (TPSA) is 69.8 Å². The third-order valence-electron chi connectivity index (χ3n) is 1.95. The van der Waals surface area contributed by atoms with Gasteiger partial charge in [0.2, 0.25) is 5.91 Å². The van der Waals surface area contributed by atoms with Gasteiger partial charge in [-0.05, 0) is 6.42 Å². The first kappa shape index (κ1) is 11.7. The van der Waals surface area contributed by atoms with Gasteiger partial charge < -0.3 is 10.6 Å². The van der Waals surface area contributed by atoms with Gasteiger partial charge in [-0.1, -0.05) is 20.8 Å². The van der Waals surface area contributed by atoms with Crippen molar-refractivity contribution in [3.05, 3.63) is 11.8 Å². The minimum Gasteiger partial charge on any atom is -0.308 e. The van der Waals surface area contributed by atoms with E-state index < -0.39 is 0 Å². The fourth-order valence-corrected chi connectivity index (χ4v) is 1.09. The third-order valence-corrected chi connectivity index (χ3v) is 1.95. The molecular weight excluding hydrogens is 192 g/mol. The van der Waals surface area contributed by atoms with Gasteiger partial charge in [0.15, 0.2) is 5.82 Å². The monoisotopic (exact) mass is 210 g/mol. The first-order valence-electron chi connectivity index (χ1n) is 5.19. The molecule has 3 N–H and O–H groups in total. The normalized spacial score (nSPS) is 10.7. The molecule has 1 aromatic rings. The maximum Gasteiger partial charge on any atom is 0.239 e. The summed E-state index contributed by atoms with van der Waals surface area (Å²) >= 11 is 0. The van der Waals surface area contributed by atoms with Crippen LogP contribution in [0.25, 0.3) is 0 Å². The molecule has 1 heterocycles. The second-order valence-corrected chi connectivity index (χ2v) is 3.72. The van der Waals surface area contributed by atoms with Crippen LogP contribution in [0.15, 0.2) is 6.07 Å². The van der Waals surface area contributed by atoms with Crippen LogP contribution < -0.4 is 10.6 Å². The molecular formula is C10H18N4O. The number of H-pyrrole nitrogens is 1. The molecule has 84 valence electrons. The van der Waals surface area contributed by atoms with Gasteiger partial charge in [-0.2, -0.15) is 5.10 Å². The zero-order valence-electron chi connectivity index (χ0n) is 9.42. The molecule has 0 bridgehead atoms. The zero-order valence-corrected chi connectivity index (χ0v) is 9.42. The summed E-state index contributed by atoms with van der Waals surface area (Å²) in [6.07, 6.45) is 0.882. The molecule has 0 saturated carbocycles. The van der Waals surface area contributed by atoms with E-state index in [0.29, 0.717) is 18.4 Å². The van der Waals surface area contributed by atoms with Gasteiger partial charge in [-0.15, -0.1) is 0 Å². The van der Waals surface area contributed by atoms with Gasteiger partial charge in [0.1, 0.15) is 0 Å². The Morgan fingerprint density at radius 1 is 1.60 bits per heavy atom. The summed E-state index contributed by atoms with van der Waals surface area (Å²) in [5, 5.41) is 12.6. The van der Waals surface area contributed by atoms with Gasteiger partial charge in [0.25, 0.3) is 0 Å². The van der Waals surface area contributed by atoms with E-state index in [0.717, 1.165) is 12.1 Å². The van der Waals surface area contributed by atoms with E-state index in [1.165, 1.54) is 0 Å². The van der Waals surface area contributed by atoms with Crippen molar-refractivity contribution >= 4 is 11.7 Å². The number of nitrogens with zero attached hydrogens (tertiary/aromatic N) is 1. The molecule has 1 amide bonds. The highest BCUT2D eigenvalue weighted by molar-refractivity contribution is 5.91. The first-order valence-corrected chi connectivity index (χ1v) is 5.19. The third kappa shape index (κ3) is 4.12. The summed E-state index contributed by atoms with van der Waals surface area (Å²) < 4.78 is 0. The molecule has 0 spiro atoms. The zero-order chi connectivity index (χ0) is 11.3. The van der Waals surface area contributed by atoms with E-state index in [9.17, 15) is 4.79 Å². The number of nitrogens with one attached hydrogen (secondary N) is 3. The van der Waals surface area contributed by atoms with Crippen molar-refractivity contribution in [3.63, 3.8) is 0 Å². The Labute approximate surface area is 89.6 Å². The predicted octanol–water partition coefficient (Wildman–Crippen LogP) is 0.909. The van der Waals surface area contributed by atoms with Crippen molar-refractivity contribution in [1.29, 1.82) is 0 Å². The number of rotatable bonds is 5. The highest BCUT2D eigenvalue weighted by atomic mass is 16.2. The molecule has 5 nitrogen and oxygen atoms in total. The van der Waals surface area contributed by atoms with E-state index in [-0.39, 0.29) is 5.91 Å². The molecule has 1 rings (SSSR count). The van der Waals surface area contributed by atoms with Crippen LogP contribution in [-0.4, -0.2) is 28.7 Å². The van der Waals surface area contributed by atoms with E-state index >= 15 is 0 Å². The summed E-state index contributed by atoms with van der Waals surface area (Å²) in [6, 6.07) is 2.15. The summed E-state index contributed by atoms with van der Waals surface area (Å²) in [7, 11) is 0. The van der Waals surface area contributed by atoms with E-state index in [1.54, 1.807) is 0 Å². The number of aryl methyl sites for hydroxylation is 1. The fourth-order valence-electron chi connectivity index (χ4n) is 1.09. The number of carbonyl (C=O) groups excluding carboxylic acids is 1. The molecule has 0 saturated heterocycles. The highest BCUT2D eigenvalue weighted by Crippen LogP contribution is 2.04. The first-order chi connectivity index (χ1) is 7.11. The lowest BCUT2D eigenvalue weighted by Crippen LogP contribution is -2.32. The van der Waals surface area contributed by atoms with Crippen LogP contribution in [0.2, 0.25) is 0 Å². The Bertz CT molecular complexity index is 319. The Morgan fingerprint density at radius 3 is 2.87 bits per heavy atom. The summed E-state index contributed by atoms with van der Waals surface area (Å²) in [5.74, 6) is 0.514. The summed E-state index contributed by atoms with van der Waals surface area (Å²) in [6.45, 7) is 6.33. The Kier molecular flexibility index (Phi) is 4.30.